The molecule has 0 aliphatic carbocycles. The van der Waals surface area contributed by atoms with Gasteiger partial charge in [0.15, 0.2) is 0 Å². The minimum absolute atomic E-state index is 0.286. The quantitative estimate of drug-likeness (QED) is 0.0790. The second kappa shape index (κ2) is 14.1. The zero-order valence-corrected chi connectivity index (χ0v) is 25.3. The van der Waals surface area contributed by atoms with Crippen LogP contribution < -0.4 is 9.80 Å². The number of aliphatic carboxylic acids is 1. The van der Waals surface area contributed by atoms with Crippen LogP contribution in [-0.2, 0) is 11.2 Å². The first-order chi connectivity index (χ1) is 22.6. The number of fused-ring (bicyclic) bond motifs is 1. The fourth-order valence-electron chi connectivity index (χ4n) is 5.69. The van der Waals surface area contributed by atoms with Gasteiger partial charge >= 0.3 is 5.97 Å². The highest BCUT2D eigenvalue weighted by Crippen LogP contribution is 2.36. The molecule has 0 saturated heterocycles. The number of rotatable bonds is 9. The lowest BCUT2D eigenvalue weighted by atomic mass is 9.98. The van der Waals surface area contributed by atoms with E-state index in [1.807, 2.05) is 24.3 Å². The Morgan fingerprint density at radius 1 is 0.717 bits per heavy atom. The van der Waals surface area contributed by atoms with Gasteiger partial charge in [0.05, 0.1) is 0 Å². The SMILES string of the molecule is N#C/C(=C\C=C\c1ccc2c(c1)CCCN2c1ccc(/C=C/c2ccc(N(c3ccccc3)c3ccccc3)cc2)cc1)C(=O)O. The number of carboxylic acids is 1. The maximum atomic E-state index is 11.0. The van der Waals surface area contributed by atoms with E-state index in [0.717, 1.165) is 58.8 Å². The highest BCUT2D eigenvalue weighted by Gasteiger charge is 2.18. The minimum atomic E-state index is -1.22. The number of nitrogens with zero attached hydrogens (tertiary/aromatic N) is 3. The predicted molar refractivity (Wildman–Crippen MR) is 189 cm³/mol. The summed E-state index contributed by atoms with van der Waals surface area (Å²) in [6, 6.07) is 46.1. The smallest absolute Gasteiger partial charge is 0.346 e. The zero-order valence-electron chi connectivity index (χ0n) is 25.3. The van der Waals surface area contributed by atoms with Gasteiger partial charge in [0.2, 0.25) is 0 Å². The van der Waals surface area contributed by atoms with Crippen LogP contribution in [0.5, 0.6) is 0 Å². The van der Waals surface area contributed by atoms with Crippen LogP contribution in [0.15, 0.2) is 145 Å². The van der Waals surface area contributed by atoms with E-state index in [1.165, 1.54) is 17.3 Å². The van der Waals surface area contributed by atoms with Crippen molar-refractivity contribution < 1.29 is 9.90 Å². The van der Waals surface area contributed by atoms with Crippen molar-refractivity contribution in [3.8, 4) is 6.07 Å². The van der Waals surface area contributed by atoms with E-state index < -0.39 is 5.97 Å². The molecule has 5 aromatic rings. The summed E-state index contributed by atoms with van der Waals surface area (Å²) in [6.07, 6.45) is 11.1. The van der Waals surface area contributed by atoms with Crippen LogP contribution >= 0.6 is 0 Å². The van der Waals surface area contributed by atoms with Gasteiger partial charge < -0.3 is 14.9 Å². The molecule has 0 radical (unpaired) electrons. The monoisotopic (exact) mass is 599 g/mol. The Morgan fingerprint density at radius 2 is 1.28 bits per heavy atom. The second-order valence-electron chi connectivity index (χ2n) is 11.0. The number of hydrogen-bond donors (Lipinski definition) is 1. The fourth-order valence-corrected chi connectivity index (χ4v) is 5.69. The average molecular weight is 600 g/mol. The summed E-state index contributed by atoms with van der Waals surface area (Å²) in [5.41, 5.74) is 9.87. The molecule has 0 bridgehead atoms. The molecule has 224 valence electrons. The summed E-state index contributed by atoms with van der Waals surface area (Å²) < 4.78 is 0. The van der Waals surface area contributed by atoms with Crippen LogP contribution in [0.1, 0.15) is 28.7 Å². The van der Waals surface area contributed by atoms with Gasteiger partial charge in [-0.2, -0.15) is 5.26 Å². The molecule has 5 nitrogen and oxygen atoms in total. The lowest BCUT2D eigenvalue weighted by molar-refractivity contribution is -0.132. The van der Waals surface area contributed by atoms with Crippen molar-refractivity contribution in [3.05, 3.63) is 167 Å². The Labute approximate surface area is 269 Å². The normalized spacial score (nSPS) is 13.0. The standard InChI is InChI=1S/C41H33N3O2/c42-30-35(41(45)46)10-7-9-33-22-27-40-34(29-33)11-8-28-43(40)36-23-18-31(19-24-36)16-17-32-20-25-39(26-21-32)44(37-12-3-1-4-13-37)38-14-5-2-6-15-38/h1-7,9-10,12-27,29H,8,11,28H2,(H,45,46)/b9-7+,17-16+,35-10+. The fraction of sp³-hybridized carbons (Fsp3) is 0.0732. The molecule has 1 aliphatic rings. The van der Waals surface area contributed by atoms with Crippen LogP contribution in [0.2, 0.25) is 0 Å². The number of hydrogen-bond acceptors (Lipinski definition) is 4. The second-order valence-corrected chi connectivity index (χ2v) is 11.0. The number of anilines is 5. The van der Waals surface area contributed by atoms with Crippen LogP contribution in [0.25, 0.3) is 18.2 Å². The molecule has 0 unspecified atom stereocenters. The van der Waals surface area contributed by atoms with E-state index >= 15 is 0 Å². The van der Waals surface area contributed by atoms with Gasteiger partial charge in [-0.15, -0.1) is 0 Å². The van der Waals surface area contributed by atoms with Gasteiger partial charge in [-0.25, -0.2) is 4.79 Å². The van der Waals surface area contributed by atoms with Crippen molar-refractivity contribution in [3.63, 3.8) is 0 Å². The van der Waals surface area contributed by atoms with Crippen molar-refractivity contribution in [2.75, 3.05) is 16.3 Å². The number of nitriles is 1. The van der Waals surface area contributed by atoms with Crippen molar-refractivity contribution in [2.24, 2.45) is 0 Å². The lowest BCUT2D eigenvalue weighted by Crippen LogP contribution is -2.24. The Hall–Kier alpha value is -6.12. The van der Waals surface area contributed by atoms with Crippen molar-refractivity contribution in [2.45, 2.75) is 12.8 Å². The van der Waals surface area contributed by atoms with Gasteiger partial charge in [-0.3, -0.25) is 0 Å². The highest BCUT2D eigenvalue weighted by atomic mass is 16.4. The number of carbonyl (C=O) groups is 1. The minimum Gasteiger partial charge on any atom is -0.477 e. The third-order valence-corrected chi connectivity index (χ3v) is 7.98. The van der Waals surface area contributed by atoms with Crippen molar-refractivity contribution >= 4 is 52.6 Å². The highest BCUT2D eigenvalue weighted by molar-refractivity contribution is 5.91. The molecular weight excluding hydrogens is 566 g/mol. The molecule has 0 atom stereocenters. The van der Waals surface area contributed by atoms with Crippen molar-refractivity contribution in [1.29, 1.82) is 5.26 Å². The molecule has 1 aliphatic heterocycles. The molecule has 6 rings (SSSR count). The molecule has 0 amide bonds. The van der Waals surface area contributed by atoms with Crippen LogP contribution in [0.3, 0.4) is 0 Å². The number of benzene rings is 5. The molecule has 0 spiro atoms. The number of para-hydroxylation sites is 2. The summed E-state index contributed by atoms with van der Waals surface area (Å²) in [5, 5.41) is 18.0. The van der Waals surface area contributed by atoms with E-state index in [0.29, 0.717) is 0 Å². The molecule has 5 heteroatoms. The molecule has 0 saturated carbocycles. The Bertz CT molecular complexity index is 1900. The van der Waals surface area contributed by atoms with Crippen LogP contribution in [-0.4, -0.2) is 17.6 Å². The van der Waals surface area contributed by atoms with Gasteiger partial charge in [0, 0.05) is 35.0 Å². The predicted octanol–water partition coefficient (Wildman–Crippen LogP) is 9.96. The molecule has 0 fully saturated rings. The average Bonchev–Trinajstić information content (AvgIpc) is 3.10. The number of aryl methyl sites for hydroxylation is 1. The van der Waals surface area contributed by atoms with Gasteiger partial charge in [-0.1, -0.05) is 91.0 Å². The third kappa shape index (κ3) is 6.99. The maximum absolute atomic E-state index is 11.0. The number of allylic oxidation sites excluding steroid dienone is 2. The number of carboxylic acid groups (broad SMARTS) is 1. The summed E-state index contributed by atoms with van der Waals surface area (Å²) in [4.78, 5) is 15.6. The van der Waals surface area contributed by atoms with E-state index in [4.69, 9.17) is 10.4 Å². The van der Waals surface area contributed by atoms with Gasteiger partial charge in [0.25, 0.3) is 0 Å². The van der Waals surface area contributed by atoms with E-state index in [1.54, 1.807) is 12.1 Å². The molecular formula is C41H33N3O2. The van der Waals surface area contributed by atoms with Crippen molar-refractivity contribution in [1.82, 2.24) is 0 Å². The Balaban J connectivity index is 1.15. The Kier molecular flexibility index (Phi) is 9.18. The van der Waals surface area contributed by atoms with E-state index in [2.05, 4.69) is 131 Å². The first-order valence-electron chi connectivity index (χ1n) is 15.3. The summed E-state index contributed by atoms with van der Waals surface area (Å²) in [5.74, 6) is -1.22. The molecule has 1 heterocycles. The Morgan fingerprint density at radius 3 is 1.87 bits per heavy atom. The van der Waals surface area contributed by atoms with Crippen LogP contribution in [0, 0.1) is 11.3 Å². The molecule has 46 heavy (non-hydrogen) atoms. The summed E-state index contributed by atoms with van der Waals surface area (Å²) in [7, 11) is 0. The van der Waals surface area contributed by atoms with Gasteiger partial charge in [0.1, 0.15) is 11.6 Å². The largest absolute Gasteiger partial charge is 0.477 e. The zero-order chi connectivity index (χ0) is 31.7. The molecule has 0 aromatic heterocycles. The summed E-state index contributed by atoms with van der Waals surface area (Å²) in [6.45, 7) is 0.944. The first kappa shape index (κ1) is 29.9. The van der Waals surface area contributed by atoms with Crippen LogP contribution in [0.4, 0.5) is 28.4 Å². The maximum Gasteiger partial charge on any atom is 0.346 e. The topological polar surface area (TPSA) is 67.6 Å². The van der Waals surface area contributed by atoms with E-state index in [-0.39, 0.29) is 5.57 Å². The van der Waals surface area contributed by atoms with E-state index in [9.17, 15) is 4.79 Å². The lowest BCUT2D eigenvalue weighted by Gasteiger charge is -2.31. The summed E-state index contributed by atoms with van der Waals surface area (Å²) >= 11 is 0. The first-order valence-corrected chi connectivity index (χ1v) is 15.3. The van der Waals surface area contributed by atoms with Gasteiger partial charge in [-0.05, 0) is 102 Å². The molecule has 1 N–H and O–H groups in total. The third-order valence-electron chi connectivity index (χ3n) is 7.98. The molecule has 5 aromatic carbocycles.